The number of hydrogen-bond acceptors (Lipinski definition) is 3. The minimum Gasteiger partial charge on any atom is -0.452 e. The van der Waals surface area contributed by atoms with Crippen LogP contribution in [0.3, 0.4) is 0 Å². The van der Waals surface area contributed by atoms with Gasteiger partial charge in [0.25, 0.3) is 5.91 Å². The molecular formula is C23H29NO3. The predicted octanol–water partition coefficient (Wildman–Crippen LogP) is 4.42. The number of hydrogen-bond donors (Lipinski definition) is 0. The highest BCUT2D eigenvalue weighted by Gasteiger charge is 2.17. The molecule has 0 radical (unpaired) electrons. The zero-order chi connectivity index (χ0) is 20.2. The molecule has 1 amide bonds. The normalized spacial score (nSPS) is 11.2. The third kappa shape index (κ3) is 5.68. The average molecular weight is 367 g/mol. The number of benzene rings is 2. The van der Waals surface area contributed by atoms with Crippen molar-refractivity contribution >= 4 is 11.9 Å². The monoisotopic (exact) mass is 367 g/mol. The largest absolute Gasteiger partial charge is 0.452 e. The topological polar surface area (TPSA) is 46.6 Å². The number of ether oxygens (including phenoxy) is 1. The molecule has 4 heteroatoms. The minimum atomic E-state index is -0.483. The van der Waals surface area contributed by atoms with Gasteiger partial charge in [0.05, 0.1) is 5.56 Å². The highest BCUT2D eigenvalue weighted by molar-refractivity contribution is 5.91. The lowest BCUT2D eigenvalue weighted by molar-refractivity contribution is -0.133. The van der Waals surface area contributed by atoms with Crippen molar-refractivity contribution in [3.8, 4) is 0 Å². The summed E-state index contributed by atoms with van der Waals surface area (Å²) in [6, 6.07) is 13.5. The van der Waals surface area contributed by atoms with E-state index in [0.717, 1.165) is 16.7 Å². The molecule has 0 N–H and O–H groups in total. The highest BCUT2D eigenvalue weighted by Crippen LogP contribution is 2.22. The zero-order valence-corrected chi connectivity index (χ0v) is 17.1. The molecule has 0 atom stereocenters. The van der Waals surface area contributed by atoms with Crippen LogP contribution in [0.2, 0.25) is 0 Å². The van der Waals surface area contributed by atoms with Crippen molar-refractivity contribution in [3.05, 3.63) is 70.3 Å². The maximum absolute atomic E-state index is 12.3. The van der Waals surface area contributed by atoms with Crippen molar-refractivity contribution in [3.63, 3.8) is 0 Å². The average Bonchev–Trinajstić information content (AvgIpc) is 2.61. The van der Waals surface area contributed by atoms with Crippen LogP contribution in [0, 0.1) is 13.8 Å². The summed E-state index contributed by atoms with van der Waals surface area (Å²) in [4.78, 5) is 26.1. The van der Waals surface area contributed by atoms with Crippen molar-refractivity contribution in [1.29, 1.82) is 0 Å². The van der Waals surface area contributed by atoms with Gasteiger partial charge in [-0.05, 0) is 48.1 Å². The van der Waals surface area contributed by atoms with E-state index >= 15 is 0 Å². The van der Waals surface area contributed by atoms with Gasteiger partial charge in [0, 0.05) is 13.6 Å². The van der Waals surface area contributed by atoms with Gasteiger partial charge in [-0.3, -0.25) is 4.79 Å². The Morgan fingerprint density at radius 2 is 1.63 bits per heavy atom. The van der Waals surface area contributed by atoms with Crippen LogP contribution in [0.4, 0.5) is 0 Å². The number of nitrogens with zero attached hydrogens (tertiary/aromatic N) is 1. The molecule has 0 aromatic heterocycles. The summed E-state index contributed by atoms with van der Waals surface area (Å²) >= 11 is 0. The summed E-state index contributed by atoms with van der Waals surface area (Å²) in [5.41, 5.74) is 5.04. The van der Waals surface area contributed by atoms with E-state index in [2.05, 4.69) is 26.8 Å². The molecule has 0 bridgehead atoms. The maximum Gasteiger partial charge on any atom is 0.338 e. The van der Waals surface area contributed by atoms with Crippen LogP contribution < -0.4 is 0 Å². The summed E-state index contributed by atoms with van der Waals surface area (Å²) in [7, 11) is 1.72. The van der Waals surface area contributed by atoms with Crippen molar-refractivity contribution < 1.29 is 14.3 Å². The lowest BCUT2D eigenvalue weighted by Crippen LogP contribution is -2.31. The Morgan fingerprint density at radius 3 is 2.19 bits per heavy atom. The van der Waals surface area contributed by atoms with Gasteiger partial charge in [-0.2, -0.15) is 0 Å². The van der Waals surface area contributed by atoms with Crippen molar-refractivity contribution in [1.82, 2.24) is 4.90 Å². The number of amides is 1. The number of esters is 1. The number of likely N-dealkylation sites (N-methyl/N-ethyl adjacent to an activating group) is 1. The quantitative estimate of drug-likeness (QED) is 0.735. The Bertz CT molecular complexity index is 817. The second kappa shape index (κ2) is 8.38. The molecule has 2 aromatic carbocycles. The second-order valence-electron chi connectivity index (χ2n) is 8.08. The number of rotatable bonds is 5. The molecule has 0 saturated carbocycles. The summed E-state index contributed by atoms with van der Waals surface area (Å²) in [6.45, 7) is 10.6. The van der Waals surface area contributed by atoms with E-state index in [1.165, 1.54) is 5.56 Å². The molecule has 4 nitrogen and oxygen atoms in total. The first-order chi connectivity index (χ1) is 12.6. The van der Waals surface area contributed by atoms with E-state index in [9.17, 15) is 9.59 Å². The van der Waals surface area contributed by atoms with E-state index in [1.54, 1.807) is 24.1 Å². The highest BCUT2D eigenvalue weighted by atomic mass is 16.5. The summed E-state index contributed by atoms with van der Waals surface area (Å²) in [5.74, 6) is -0.710. The third-order valence-corrected chi connectivity index (χ3v) is 4.64. The van der Waals surface area contributed by atoms with Gasteiger partial charge in [0.2, 0.25) is 0 Å². The van der Waals surface area contributed by atoms with Gasteiger partial charge in [0.1, 0.15) is 0 Å². The lowest BCUT2D eigenvalue weighted by Gasteiger charge is -2.19. The lowest BCUT2D eigenvalue weighted by atomic mass is 9.87. The fourth-order valence-corrected chi connectivity index (χ4v) is 2.79. The third-order valence-electron chi connectivity index (χ3n) is 4.64. The summed E-state index contributed by atoms with van der Waals surface area (Å²) < 4.78 is 5.19. The zero-order valence-electron chi connectivity index (χ0n) is 17.1. The minimum absolute atomic E-state index is 0.0230. The standard InChI is InChI=1S/C23H29NO3/c1-16-7-8-19(17(2)13-16)14-24(6)21(25)15-27-22(26)18-9-11-20(12-10-18)23(3,4)5/h7-13H,14-15H2,1-6H3. The van der Waals surface area contributed by atoms with Gasteiger partial charge in [-0.25, -0.2) is 4.79 Å². The van der Waals surface area contributed by atoms with E-state index in [1.807, 2.05) is 38.1 Å². The van der Waals surface area contributed by atoms with Crippen molar-refractivity contribution in [2.24, 2.45) is 0 Å². The molecule has 144 valence electrons. The number of aryl methyl sites for hydroxylation is 2. The van der Waals surface area contributed by atoms with Crippen LogP contribution in [0.5, 0.6) is 0 Å². The summed E-state index contributed by atoms with van der Waals surface area (Å²) in [5, 5.41) is 0. The molecule has 0 fully saturated rings. The molecule has 0 unspecified atom stereocenters. The van der Waals surface area contributed by atoms with Crippen LogP contribution in [0.25, 0.3) is 0 Å². The molecule has 0 aliphatic carbocycles. The molecule has 27 heavy (non-hydrogen) atoms. The van der Waals surface area contributed by atoms with E-state index in [4.69, 9.17) is 4.74 Å². The van der Waals surface area contributed by atoms with Crippen LogP contribution >= 0.6 is 0 Å². The van der Waals surface area contributed by atoms with Gasteiger partial charge < -0.3 is 9.64 Å². The first-order valence-electron chi connectivity index (χ1n) is 9.15. The molecule has 0 heterocycles. The van der Waals surface area contributed by atoms with Gasteiger partial charge in [0.15, 0.2) is 6.61 Å². The molecular weight excluding hydrogens is 338 g/mol. The fourth-order valence-electron chi connectivity index (χ4n) is 2.79. The smallest absolute Gasteiger partial charge is 0.338 e. The molecule has 0 aliphatic heterocycles. The van der Waals surface area contributed by atoms with E-state index in [0.29, 0.717) is 12.1 Å². The van der Waals surface area contributed by atoms with Gasteiger partial charge in [-0.15, -0.1) is 0 Å². The van der Waals surface area contributed by atoms with Crippen molar-refractivity contribution in [2.45, 2.75) is 46.6 Å². The first kappa shape index (κ1) is 20.7. The van der Waals surface area contributed by atoms with E-state index in [-0.39, 0.29) is 17.9 Å². The van der Waals surface area contributed by atoms with Crippen LogP contribution in [0.15, 0.2) is 42.5 Å². The Kier molecular flexibility index (Phi) is 6.42. The van der Waals surface area contributed by atoms with Crippen LogP contribution in [0.1, 0.15) is 53.4 Å². The Morgan fingerprint density at radius 1 is 1.00 bits per heavy atom. The number of carbonyl (C=O) groups excluding carboxylic acids is 2. The molecule has 0 spiro atoms. The molecule has 2 aromatic rings. The SMILES string of the molecule is Cc1ccc(CN(C)C(=O)COC(=O)c2ccc(C(C)(C)C)cc2)c(C)c1. The summed E-state index contributed by atoms with van der Waals surface area (Å²) in [6.07, 6.45) is 0. The molecule has 2 rings (SSSR count). The molecule has 0 saturated heterocycles. The Balaban J connectivity index is 1.91. The second-order valence-corrected chi connectivity index (χ2v) is 8.08. The van der Waals surface area contributed by atoms with Gasteiger partial charge in [-0.1, -0.05) is 56.7 Å². The predicted molar refractivity (Wildman–Crippen MR) is 108 cm³/mol. The van der Waals surface area contributed by atoms with Crippen LogP contribution in [-0.4, -0.2) is 30.4 Å². The molecule has 0 aliphatic rings. The first-order valence-corrected chi connectivity index (χ1v) is 9.15. The van der Waals surface area contributed by atoms with Gasteiger partial charge >= 0.3 is 5.97 Å². The van der Waals surface area contributed by atoms with Crippen molar-refractivity contribution in [2.75, 3.05) is 13.7 Å². The number of carbonyl (C=O) groups is 2. The Hall–Kier alpha value is -2.62. The Labute approximate surface area is 162 Å². The van der Waals surface area contributed by atoms with E-state index < -0.39 is 5.97 Å². The van der Waals surface area contributed by atoms with Crippen LogP contribution in [-0.2, 0) is 21.5 Å². The maximum atomic E-state index is 12.3. The fraction of sp³-hybridized carbons (Fsp3) is 0.391.